The van der Waals surface area contributed by atoms with Crippen molar-refractivity contribution < 1.29 is 4.74 Å². The van der Waals surface area contributed by atoms with Gasteiger partial charge in [0.25, 0.3) is 0 Å². The minimum absolute atomic E-state index is 0.198. The fourth-order valence-electron chi connectivity index (χ4n) is 2.13. The van der Waals surface area contributed by atoms with Crippen LogP contribution in [0.15, 0.2) is 36.6 Å². The summed E-state index contributed by atoms with van der Waals surface area (Å²) in [6, 6.07) is 8.49. The Morgan fingerprint density at radius 1 is 1.28 bits per heavy atom. The average molecular weight is 246 g/mol. The van der Waals surface area contributed by atoms with Crippen molar-refractivity contribution in [3.8, 4) is 0 Å². The van der Waals surface area contributed by atoms with Gasteiger partial charge in [0.05, 0.1) is 6.26 Å². The molecule has 3 nitrogen and oxygen atoms in total. The molecule has 3 heteroatoms. The van der Waals surface area contributed by atoms with Gasteiger partial charge in [-0.25, -0.2) is 0 Å². The Balaban J connectivity index is 1.80. The van der Waals surface area contributed by atoms with Gasteiger partial charge in [0, 0.05) is 18.7 Å². The number of nitrogens with one attached hydrogen (secondary N) is 1. The van der Waals surface area contributed by atoms with Crippen molar-refractivity contribution in [1.82, 2.24) is 0 Å². The predicted octanol–water partition coefficient (Wildman–Crippen LogP) is 3.20. The van der Waals surface area contributed by atoms with Crippen LogP contribution in [0.5, 0.6) is 0 Å². The third-order valence-corrected chi connectivity index (χ3v) is 3.16. The van der Waals surface area contributed by atoms with Crippen LogP contribution >= 0.6 is 0 Å². The Hall–Kier alpha value is -1.48. The number of anilines is 1. The van der Waals surface area contributed by atoms with Crippen molar-refractivity contribution in [2.24, 2.45) is 5.73 Å². The molecule has 0 bridgehead atoms. The average Bonchev–Trinajstić information content (AvgIpc) is 2.93. The molecular weight excluding hydrogens is 224 g/mol. The van der Waals surface area contributed by atoms with Gasteiger partial charge >= 0.3 is 0 Å². The van der Waals surface area contributed by atoms with Crippen LogP contribution in [-0.2, 0) is 4.74 Å². The molecule has 1 heterocycles. The van der Waals surface area contributed by atoms with E-state index in [2.05, 4.69) is 35.7 Å². The molecule has 0 aliphatic carbocycles. The lowest BCUT2D eigenvalue weighted by molar-refractivity contribution is 0.173. The molecule has 18 heavy (non-hydrogen) atoms. The van der Waals surface area contributed by atoms with Gasteiger partial charge in [0.2, 0.25) is 0 Å². The van der Waals surface area contributed by atoms with Gasteiger partial charge in [0.1, 0.15) is 6.10 Å². The van der Waals surface area contributed by atoms with Crippen LogP contribution in [0.1, 0.15) is 37.4 Å². The van der Waals surface area contributed by atoms with Crippen LogP contribution in [0.3, 0.4) is 0 Å². The summed E-state index contributed by atoms with van der Waals surface area (Å²) in [5, 5.41) is 3.45. The number of hydrogen-bond acceptors (Lipinski definition) is 3. The number of ether oxygens (including phenoxy) is 1. The van der Waals surface area contributed by atoms with Crippen molar-refractivity contribution in [1.29, 1.82) is 0 Å². The zero-order valence-corrected chi connectivity index (χ0v) is 10.8. The van der Waals surface area contributed by atoms with E-state index in [-0.39, 0.29) is 6.10 Å². The van der Waals surface area contributed by atoms with Crippen LogP contribution in [-0.4, -0.2) is 13.1 Å². The zero-order valence-electron chi connectivity index (χ0n) is 10.8. The monoisotopic (exact) mass is 246 g/mol. The van der Waals surface area contributed by atoms with Crippen LogP contribution in [0.2, 0.25) is 0 Å². The Labute approximate surface area is 109 Å². The summed E-state index contributed by atoms with van der Waals surface area (Å²) in [6.07, 6.45) is 8.50. The van der Waals surface area contributed by atoms with Crippen molar-refractivity contribution >= 4 is 5.69 Å². The first-order valence-corrected chi connectivity index (χ1v) is 6.74. The number of benzene rings is 1. The van der Waals surface area contributed by atoms with Crippen molar-refractivity contribution in [2.45, 2.75) is 31.8 Å². The molecule has 0 radical (unpaired) electrons. The highest BCUT2D eigenvalue weighted by molar-refractivity contribution is 5.46. The van der Waals surface area contributed by atoms with E-state index in [1.807, 2.05) is 0 Å². The molecule has 1 aromatic carbocycles. The molecule has 1 aliphatic rings. The molecule has 1 atom stereocenters. The molecule has 3 N–H and O–H groups in total. The number of nitrogens with two attached hydrogens (primary N) is 1. The third kappa shape index (κ3) is 3.77. The fourth-order valence-corrected chi connectivity index (χ4v) is 2.13. The van der Waals surface area contributed by atoms with E-state index in [0.29, 0.717) is 0 Å². The highest BCUT2D eigenvalue weighted by Crippen LogP contribution is 2.28. The summed E-state index contributed by atoms with van der Waals surface area (Å²) >= 11 is 0. The summed E-state index contributed by atoms with van der Waals surface area (Å²) in [4.78, 5) is 0. The second kappa shape index (κ2) is 7.07. The second-order valence-electron chi connectivity index (χ2n) is 4.63. The molecule has 1 unspecified atom stereocenters. The molecule has 0 aromatic heterocycles. The van der Waals surface area contributed by atoms with Crippen molar-refractivity contribution in [3.63, 3.8) is 0 Å². The Morgan fingerprint density at radius 2 is 2.22 bits per heavy atom. The molecule has 0 saturated carbocycles. The third-order valence-electron chi connectivity index (χ3n) is 3.16. The number of unbranched alkanes of at least 4 members (excludes halogenated alkanes) is 2. The van der Waals surface area contributed by atoms with Gasteiger partial charge < -0.3 is 15.8 Å². The zero-order chi connectivity index (χ0) is 12.6. The highest BCUT2D eigenvalue weighted by atomic mass is 16.5. The van der Waals surface area contributed by atoms with E-state index >= 15 is 0 Å². The van der Waals surface area contributed by atoms with Crippen LogP contribution in [0.4, 0.5) is 5.69 Å². The SMILES string of the molecule is NCCCCCNc1cccc(C2CC=CO2)c1. The van der Waals surface area contributed by atoms with E-state index < -0.39 is 0 Å². The number of hydrogen-bond donors (Lipinski definition) is 2. The van der Waals surface area contributed by atoms with Crippen LogP contribution < -0.4 is 11.1 Å². The fraction of sp³-hybridized carbons (Fsp3) is 0.467. The van der Waals surface area contributed by atoms with Crippen molar-refractivity contribution in [3.05, 3.63) is 42.2 Å². The van der Waals surface area contributed by atoms with E-state index in [9.17, 15) is 0 Å². The maximum absolute atomic E-state index is 5.53. The van der Waals surface area contributed by atoms with E-state index in [0.717, 1.165) is 25.9 Å². The standard InChI is InChI=1S/C15H22N2O/c16-9-2-1-3-10-17-14-7-4-6-13(12-14)15-8-5-11-18-15/h4-7,11-12,15,17H,1-3,8-10,16H2. The molecule has 0 amide bonds. The summed E-state index contributed by atoms with van der Waals surface area (Å²) in [7, 11) is 0. The lowest BCUT2D eigenvalue weighted by Crippen LogP contribution is -2.04. The van der Waals surface area contributed by atoms with Gasteiger partial charge in [-0.3, -0.25) is 0 Å². The van der Waals surface area contributed by atoms with Gasteiger partial charge in [-0.1, -0.05) is 18.6 Å². The van der Waals surface area contributed by atoms with Crippen molar-refractivity contribution in [2.75, 3.05) is 18.4 Å². The molecule has 0 fully saturated rings. The molecular formula is C15H22N2O. The highest BCUT2D eigenvalue weighted by Gasteiger charge is 2.13. The maximum atomic E-state index is 5.53. The molecule has 1 aromatic rings. The first-order chi connectivity index (χ1) is 8.90. The lowest BCUT2D eigenvalue weighted by atomic mass is 10.1. The minimum atomic E-state index is 0.198. The normalized spacial score (nSPS) is 17.7. The van der Waals surface area contributed by atoms with Crippen LogP contribution in [0, 0.1) is 0 Å². The Morgan fingerprint density at radius 3 is 3.00 bits per heavy atom. The molecule has 1 aliphatic heterocycles. The number of rotatable bonds is 7. The minimum Gasteiger partial charge on any atom is -0.493 e. The van der Waals surface area contributed by atoms with E-state index in [4.69, 9.17) is 10.5 Å². The Bertz CT molecular complexity index is 382. The topological polar surface area (TPSA) is 47.3 Å². The van der Waals surface area contributed by atoms with Crippen LogP contribution in [0.25, 0.3) is 0 Å². The predicted molar refractivity (Wildman–Crippen MR) is 75.4 cm³/mol. The van der Waals surface area contributed by atoms with Gasteiger partial charge in [-0.05, 0) is 43.2 Å². The summed E-state index contributed by atoms with van der Waals surface area (Å²) in [5.41, 5.74) is 7.89. The molecule has 0 saturated heterocycles. The maximum Gasteiger partial charge on any atom is 0.126 e. The molecule has 0 spiro atoms. The lowest BCUT2D eigenvalue weighted by Gasteiger charge is -2.13. The van der Waals surface area contributed by atoms with E-state index in [1.54, 1.807) is 6.26 Å². The summed E-state index contributed by atoms with van der Waals surface area (Å²) < 4.78 is 5.53. The molecule has 2 rings (SSSR count). The van der Waals surface area contributed by atoms with Gasteiger partial charge in [0.15, 0.2) is 0 Å². The van der Waals surface area contributed by atoms with Gasteiger partial charge in [-0.15, -0.1) is 0 Å². The second-order valence-corrected chi connectivity index (χ2v) is 4.63. The largest absolute Gasteiger partial charge is 0.493 e. The van der Waals surface area contributed by atoms with E-state index in [1.165, 1.54) is 24.1 Å². The molecule has 98 valence electrons. The smallest absolute Gasteiger partial charge is 0.126 e. The first-order valence-electron chi connectivity index (χ1n) is 6.74. The quantitative estimate of drug-likeness (QED) is 0.726. The first kappa shape index (κ1) is 13.0. The van der Waals surface area contributed by atoms with Gasteiger partial charge in [-0.2, -0.15) is 0 Å². The summed E-state index contributed by atoms with van der Waals surface area (Å²) in [6.45, 7) is 1.80. The Kier molecular flexibility index (Phi) is 5.09. The summed E-state index contributed by atoms with van der Waals surface area (Å²) in [5.74, 6) is 0.